The number of pyridine rings is 2. The third-order valence-electron chi connectivity index (χ3n) is 2.83. The van der Waals surface area contributed by atoms with E-state index in [4.69, 9.17) is 12.2 Å². The SMILES string of the molecule is CC(C)Cc1[nH]ccc2nc3nc(=S)sc3cc12. The third kappa shape index (κ3) is 2.04. The van der Waals surface area contributed by atoms with Gasteiger partial charge in [-0.25, -0.2) is 9.97 Å². The van der Waals surface area contributed by atoms with Gasteiger partial charge in [0.1, 0.15) is 0 Å². The maximum atomic E-state index is 5.11. The number of nitrogens with one attached hydrogen (secondary N) is 1. The zero-order chi connectivity index (χ0) is 12.7. The van der Waals surface area contributed by atoms with Crippen molar-refractivity contribution < 1.29 is 0 Å². The van der Waals surface area contributed by atoms with Crippen LogP contribution in [0.15, 0.2) is 18.3 Å². The van der Waals surface area contributed by atoms with Crippen LogP contribution in [0.5, 0.6) is 0 Å². The lowest BCUT2D eigenvalue weighted by Gasteiger charge is -2.08. The fourth-order valence-corrected chi connectivity index (χ4v) is 3.14. The van der Waals surface area contributed by atoms with Gasteiger partial charge in [0, 0.05) is 17.3 Å². The minimum atomic E-state index is 0.610. The Labute approximate surface area is 114 Å². The van der Waals surface area contributed by atoms with Crippen LogP contribution in [-0.4, -0.2) is 15.0 Å². The van der Waals surface area contributed by atoms with Gasteiger partial charge in [-0.1, -0.05) is 13.8 Å². The summed E-state index contributed by atoms with van der Waals surface area (Å²) >= 11 is 6.64. The molecule has 3 aromatic heterocycles. The number of fused-ring (bicyclic) bond motifs is 2. The molecule has 3 nitrogen and oxygen atoms in total. The van der Waals surface area contributed by atoms with Crippen molar-refractivity contribution >= 4 is 44.8 Å². The maximum absolute atomic E-state index is 5.11. The molecule has 0 bridgehead atoms. The van der Waals surface area contributed by atoms with Crippen LogP contribution in [0.2, 0.25) is 0 Å². The van der Waals surface area contributed by atoms with Gasteiger partial charge in [0.25, 0.3) is 0 Å². The lowest BCUT2D eigenvalue weighted by Crippen LogP contribution is -1.98. The fraction of sp³-hybridized carbons (Fsp3) is 0.308. The molecule has 0 saturated carbocycles. The summed E-state index contributed by atoms with van der Waals surface area (Å²) in [7, 11) is 0. The highest BCUT2D eigenvalue weighted by Gasteiger charge is 2.08. The van der Waals surface area contributed by atoms with Gasteiger partial charge in [0.2, 0.25) is 0 Å². The van der Waals surface area contributed by atoms with Gasteiger partial charge in [0.15, 0.2) is 9.60 Å². The maximum Gasteiger partial charge on any atom is 0.183 e. The molecule has 18 heavy (non-hydrogen) atoms. The van der Waals surface area contributed by atoms with Crippen molar-refractivity contribution in [3.63, 3.8) is 0 Å². The Hall–Kier alpha value is -1.33. The molecule has 3 aromatic rings. The molecule has 0 aliphatic heterocycles. The first-order valence-electron chi connectivity index (χ1n) is 5.91. The van der Waals surface area contributed by atoms with Crippen molar-refractivity contribution in [2.45, 2.75) is 20.3 Å². The van der Waals surface area contributed by atoms with Crippen LogP contribution in [0.1, 0.15) is 19.5 Å². The Bertz CT molecular complexity index is 771. The van der Waals surface area contributed by atoms with E-state index in [1.807, 2.05) is 12.3 Å². The van der Waals surface area contributed by atoms with Crippen LogP contribution in [0.25, 0.3) is 21.3 Å². The summed E-state index contributed by atoms with van der Waals surface area (Å²) in [5, 5.41) is 1.18. The number of H-pyrrole nitrogens is 1. The molecule has 0 atom stereocenters. The summed E-state index contributed by atoms with van der Waals surface area (Å²) in [6.45, 7) is 4.43. The number of thiazole rings is 1. The predicted octanol–water partition coefficient (Wildman–Crippen LogP) is 4.10. The van der Waals surface area contributed by atoms with Crippen molar-refractivity contribution in [3.05, 3.63) is 28.0 Å². The smallest absolute Gasteiger partial charge is 0.183 e. The van der Waals surface area contributed by atoms with Gasteiger partial charge in [-0.15, -0.1) is 11.3 Å². The van der Waals surface area contributed by atoms with Crippen LogP contribution in [-0.2, 0) is 6.42 Å². The van der Waals surface area contributed by atoms with Crippen LogP contribution < -0.4 is 0 Å². The van der Waals surface area contributed by atoms with E-state index in [0.717, 1.165) is 22.3 Å². The van der Waals surface area contributed by atoms with Crippen LogP contribution in [0, 0.1) is 9.87 Å². The summed E-state index contributed by atoms with van der Waals surface area (Å²) in [6.07, 6.45) is 2.96. The number of aromatic nitrogens is 3. The highest BCUT2D eigenvalue weighted by molar-refractivity contribution is 7.73. The number of rotatable bonds is 2. The molecule has 0 aromatic carbocycles. The van der Waals surface area contributed by atoms with Crippen molar-refractivity contribution in [2.24, 2.45) is 5.92 Å². The first kappa shape index (κ1) is 11.7. The van der Waals surface area contributed by atoms with E-state index in [-0.39, 0.29) is 0 Å². The molecule has 0 radical (unpaired) electrons. The molecular formula is C13H13N3S2. The van der Waals surface area contributed by atoms with Crippen molar-refractivity contribution in [3.8, 4) is 0 Å². The summed E-state index contributed by atoms with van der Waals surface area (Å²) in [5.74, 6) is 0.610. The summed E-state index contributed by atoms with van der Waals surface area (Å²) in [6, 6.07) is 4.14. The second-order valence-corrected chi connectivity index (χ2v) is 6.45. The molecule has 0 spiro atoms. The largest absolute Gasteiger partial charge is 0.364 e. The first-order chi connectivity index (χ1) is 8.63. The molecule has 3 heterocycles. The minimum Gasteiger partial charge on any atom is -0.364 e. The Morgan fingerprint density at radius 2 is 2.22 bits per heavy atom. The quantitative estimate of drug-likeness (QED) is 0.716. The molecule has 0 saturated heterocycles. The van der Waals surface area contributed by atoms with Crippen molar-refractivity contribution in [1.82, 2.24) is 15.0 Å². The molecule has 0 aliphatic carbocycles. The monoisotopic (exact) mass is 275 g/mol. The highest BCUT2D eigenvalue weighted by atomic mass is 32.1. The van der Waals surface area contributed by atoms with Gasteiger partial charge >= 0.3 is 0 Å². The topological polar surface area (TPSA) is 41.6 Å². The first-order valence-corrected chi connectivity index (χ1v) is 7.14. The van der Waals surface area contributed by atoms with Gasteiger partial charge in [-0.2, -0.15) is 0 Å². The van der Waals surface area contributed by atoms with E-state index in [0.29, 0.717) is 9.87 Å². The molecule has 0 unspecified atom stereocenters. The summed E-state index contributed by atoms with van der Waals surface area (Å²) < 4.78 is 1.72. The molecule has 0 fully saturated rings. The molecule has 0 amide bonds. The van der Waals surface area contributed by atoms with Crippen molar-refractivity contribution in [2.75, 3.05) is 0 Å². The normalized spacial score (nSPS) is 11.7. The zero-order valence-electron chi connectivity index (χ0n) is 10.2. The second kappa shape index (κ2) is 4.40. The molecule has 1 N–H and O–H groups in total. The Balaban J connectivity index is 2.31. The van der Waals surface area contributed by atoms with E-state index in [1.54, 1.807) is 0 Å². The van der Waals surface area contributed by atoms with E-state index in [9.17, 15) is 0 Å². The number of hydrogen-bond acceptors (Lipinski definition) is 4. The van der Waals surface area contributed by atoms with Crippen LogP contribution in [0.4, 0.5) is 0 Å². The molecule has 0 aliphatic rings. The Morgan fingerprint density at radius 1 is 1.39 bits per heavy atom. The Morgan fingerprint density at radius 3 is 3.00 bits per heavy atom. The molecular weight excluding hydrogens is 262 g/mol. The second-order valence-electron chi connectivity index (χ2n) is 4.78. The zero-order valence-corrected chi connectivity index (χ0v) is 11.9. The molecule has 5 heteroatoms. The summed E-state index contributed by atoms with van der Waals surface area (Å²) in [4.78, 5) is 12.2. The van der Waals surface area contributed by atoms with Gasteiger partial charge in [0.05, 0.1) is 10.2 Å². The van der Waals surface area contributed by atoms with Crippen LogP contribution >= 0.6 is 23.6 Å². The van der Waals surface area contributed by atoms with Gasteiger partial charge in [-0.05, 0) is 36.7 Å². The molecule has 3 rings (SSSR count). The summed E-state index contributed by atoms with van der Waals surface area (Å²) in [5.41, 5.74) is 2.98. The average molecular weight is 275 g/mol. The lowest BCUT2D eigenvalue weighted by molar-refractivity contribution is 0.639. The van der Waals surface area contributed by atoms with E-state index in [2.05, 4.69) is 34.9 Å². The minimum absolute atomic E-state index is 0.610. The van der Waals surface area contributed by atoms with Crippen molar-refractivity contribution in [1.29, 1.82) is 0 Å². The van der Waals surface area contributed by atoms with E-state index >= 15 is 0 Å². The van der Waals surface area contributed by atoms with Crippen LogP contribution in [0.3, 0.4) is 0 Å². The number of aromatic amines is 1. The van der Waals surface area contributed by atoms with E-state index < -0.39 is 0 Å². The molecule has 92 valence electrons. The predicted molar refractivity (Wildman–Crippen MR) is 78.6 cm³/mol. The number of nitrogens with zero attached hydrogens (tertiary/aromatic N) is 2. The van der Waals surface area contributed by atoms with Gasteiger partial charge < -0.3 is 4.98 Å². The standard InChI is InChI=1S/C13H13N3S2/c1-7(2)5-10-8-6-11-12(16-13(17)18-11)15-9(8)3-4-14-10/h3-4,6-7,14H,5H2,1-2H3. The van der Waals surface area contributed by atoms with E-state index in [1.165, 1.54) is 22.4 Å². The average Bonchev–Trinajstić information content (AvgIpc) is 2.65. The third-order valence-corrected chi connectivity index (χ3v) is 3.96. The van der Waals surface area contributed by atoms with Gasteiger partial charge in [-0.3, -0.25) is 0 Å². The Kier molecular flexibility index (Phi) is 2.87. The fourth-order valence-electron chi connectivity index (χ4n) is 2.10. The highest BCUT2D eigenvalue weighted by Crippen LogP contribution is 2.25. The lowest BCUT2D eigenvalue weighted by atomic mass is 10.0. The number of hydrogen-bond donors (Lipinski definition) is 1.